The molecule has 0 aliphatic rings. The lowest BCUT2D eigenvalue weighted by molar-refractivity contribution is 0.494. The highest BCUT2D eigenvalue weighted by atomic mass is 32.2. The van der Waals surface area contributed by atoms with Crippen molar-refractivity contribution in [3.8, 4) is 0 Å². The van der Waals surface area contributed by atoms with Crippen molar-refractivity contribution >= 4 is 10.1 Å². The van der Waals surface area contributed by atoms with Gasteiger partial charge in [-0.1, -0.05) is 0 Å². The molecule has 0 rings (SSSR count). The molecule has 0 radical (unpaired) electrons. The van der Waals surface area contributed by atoms with Crippen LogP contribution in [0.15, 0.2) is 21.8 Å². The molecule has 0 aromatic carbocycles. The van der Waals surface area contributed by atoms with Crippen LogP contribution in [0, 0.1) is 0 Å². The summed E-state index contributed by atoms with van der Waals surface area (Å²) in [5, 5.41) is 6.88. The van der Waals surface area contributed by atoms with Crippen molar-refractivity contribution in [3.63, 3.8) is 0 Å². The molecule has 0 amide bonds. The summed E-state index contributed by atoms with van der Waals surface area (Å²) in [6, 6.07) is 0. The van der Waals surface area contributed by atoms with Gasteiger partial charge in [0.1, 0.15) is 6.67 Å². The topological polar surface area (TPSA) is 105 Å². The van der Waals surface area contributed by atoms with Gasteiger partial charge in [0, 0.05) is 0 Å². The van der Waals surface area contributed by atoms with E-state index in [2.05, 4.69) is 10.2 Å². The van der Waals surface area contributed by atoms with E-state index in [-0.39, 0.29) is 6.67 Å². The van der Waals surface area contributed by atoms with E-state index in [1.54, 1.807) is 0 Å². The molecule has 0 aromatic rings. The first kappa shape index (κ1) is 9.21. The van der Waals surface area contributed by atoms with Crippen molar-refractivity contribution in [2.45, 2.75) is 0 Å². The molecule has 0 aliphatic carbocycles. The van der Waals surface area contributed by atoms with Gasteiger partial charge in [-0.3, -0.25) is 4.55 Å². The number of nitrogens with zero attached hydrogens (tertiary/aromatic N) is 2. The van der Waals surface area contributed by atoms with E-state index >= 15 is 0 Å². The third kappa shape index (κ3) is 7.21. The second-order valence-corrected chi connectivity index (χ2v) is 2.54. The first-order chi connectivity index (χ1) is 4.56. The Morgan fingerprint density at radius 2 is 2.20 bits per heavy atom. The number of nitrogens with two attached hydrogens (primary N) is 1. The van der Waals surface area contributed by atoms with Gasteiger partial charge in [-0.15, -0.1) is 0 Å². The first-order valence-corrected chi connectivity index (χ1v) is 3.77. The molecule has 0 unspecified atom stereocenters. The molecule has 0 saturated carbocycles. The Kier molecular flexibility index (Phi) is 3.77. The van der Waals surface area contributed by atoms with Gasteiger partial charge < -0.3 is 5.73 Å². The molecule has 0 spiro atoms. The molecule has 0 aromatic heterocycles. The zero-order valence-corrected chi connectivity index (χ0v) is 5.82. The average molecular weight is 165 g/mol. The highest BCUT2D eigenvalue weighted by Gasteiger charge is 1.92. The van der Waals surface area contributed by atoms with Crippen molar-refractivity contribution in [2.24, 2.45) is 16.0 Å². The maximum Gasteiger partial charge on any atom is 0.289 e. The van der Waals surface area contributed by atoms with Crippen molar-refractivity contribution in [1.82, 2.24) is 0 Å². The second-order valence-electron chi connectivity index (χ2n) is 1.24. The van der Waals surface area contributed by atoms with Crippen LogP contribution in [-0.4, -0.2) is 19.6 Å². The summed E-state index contributed by atoms with van der Waals surface area (Å²) in [5.74, 6) is 0. The van der Waals surface area contributed by atoms with E-state index in [4.69, 9.17) is 10.3 Å². The summed E-state index contributed by atoms with van der Waals surface area (Å²) < 4.78 is 27.9. The normalized spacial score (nSPS) is 13.4. The van der Waals surface area contributed by atoms with Gasteiger partial charge in [-0.05, 0) is 0 Å². The molecule has 0 aliphatic heterocycles. The fourth-order valence-corrected chi connectivity index (χ4v) is 0.407. The van der Waals surface area contributed by atoms with Gasteiger partial charge in [0.25, 0.3) is 10.1 Å². The summed E-state index contributed by atoms with van der Waals surface area (Å²) in [6.07, 6.45) is 0.836. The van der Waals surface area contributed by atoms with Gasteiger partial charge in [0.15, 0.2) is 0 Å². The maximum absolute atomic E-state index is 9.93. The molecule has 3 N–H and O–H groups in total. The van der Waals surface area contributed by atoms with E-state index in [0.29, 0.717) is 5.41 Å². The quantitative estimate of drug-likeness (QED) is 0.443. The van der Waals surface area contributed by atoms with Crippen molar-refractivity contribution in [3.05, 3.63) is 11.6 Å². The standard InChI is InChI=1S/C3H7N3O3S/c4-3-6-5-1-2-10(7,8)9/h1-2H,3-4H2,(H,7,8,9)/b2-1-,6-5?. The van der Waals surface area contributed by atoms with Crippen molar-refractivity contribution in [1.29, 1.82) is 0 Å². The molecule has 7 heteroatoms. The minimum atomic E-state index is -4.08. The summed E-state index contributed by atoms with van der Waals surface area (Å²) in [4.78, 5) is 0. The smallest absolute Gasteiger partial charge is 0.289 e. The van der Waals surface area contributed by atoms with Gasteiger partial charge in [0.05, 0.1) is 11.6 Å². The lowest BCUT2D eigenvalue weighted by Crippen LogP contribution is -1.91. The Bertz CT molecular complexity index is 229. The maximum atomic E-state index is 9.93. The zero-order chi connectivity index (χ0) is 8.04. The van der Waals surface area contributed by atoms with Crippen LogP contribution in [0.5, 0.6) is 0 Å². The lowest BCUT2D eigenvalue weighted by atomic mass is 11.1. The largest absolute Gasteiger partial charge is 0.311 e. The predicted octanol–water partition coefficient (Wildman–Crippen LogP) is -0.286. The van der Waals surface area contributed by atoms with Gasteiger partial charge in [0.2, 0.25) is 0 Å². The number of hydrogen-bond acceptors (Lipinski definition) is 5. The Morgan fingerprint density at radius 1 is 1.60 bits per heavy atom. The van der Waals surface area contributed by atoms with Crippen LogP contribution in [-0.2, 0) is 10.1 Å². The second kappa shape index (κ2) is 4.09. The molecular formula is C3H7N3O3S. The first-order valence-electron chi connectivity index (χ1n) is 2.27. The van der Waals surface area contributed by atoms with E-state index < -0.39 is 10.1 Å². The SMILES string of the molecule is NCN=N/C=C\S(=O)(=O)O. The number of rotatable bonds is 3. The lowest BCUT2D eigenvalue weighted by Gasteiger charge is -1.79. The molecule has 58 valence electrons. The van der Waals surface area contributed by atoms with E-state index in [9.17, 15) is 8.42 Å². The highest BCUT2D eigenvalue weighted by Crippen LogP contribution is 1.85. The van der Waals surface area contributed by atoms with Crippen LogP contribution in [0.2, 0.25) is 0 Å². The van der Waals surface area contributed by atoms with Gasteiger partial charge >= 0.3 is 0 Å². The molecule has 0 saturated heterocycles. The van der Waals surface area contributed by atoms with Gasteiger partial charge in [-0.2, -0.15) is 18.6 Å². The van der Waals surface area contributed by atoms with E-state index in [1.165, 1.54) is 0 Å². The fraction of sp³-hybridized carbons (Fsp3) is 0.333. The molecular weight excluding hydrogens is 158 g/mol. The van der Waals surface area contributed by atoms with Crippen LogP contribution in [0.4, 0.5) is 0 Å². The van der Waals surface area contributed by atoms with Crippen LogP contribution in [0.25, 0.3) is 0 Å². The third-order valence-electron chi connectivity index (χ3n) is 0.463. The van der Waals surface area contributed by atoms with Crippen LogP contribution in [0.1, 0.15) is 0 Å². The molecule has 6 nitrogen and oxygen atoms in total. The number of hydrogen-bond donors (Lipinski definition) is 2. The van der Waals surface area contributed by atoms with E-state index in [1.807, 2.05) is 0 Å². The van der Waals surface area contributed by atoms with Crippen LogP contribution in [0.3, 0.4) is 0 Å². The molecule has 10 heavy (non-hydrogen) atoms. The summed E-state index contributed by atoms with van der Waals surface area (Å²) >= 11 is 0. The minimum Gasteiger partial charge on any atom is -0.311 e. The Hall–Kier alpha value is -0.790. The molecule has 0 heterocycles. The molecule has 0 atom stereocenters. The van der Waals surface area contributed by atoms with Gasteiger partial charge in [-0.25, -0.2) is 0 Å². The molecule has 0 fully saturated rings. The predicted molar refractivity (Wildman–Crippen MR) is 34.6 cm³/mol. The zero-order valence-electron chi connectivity index (χ0n) is 5.01. The number of azo groups is 1. The summed E-state index contributed by atoms with van der Waals surface area (Å²) in [6.45, 7) is -0.0180. The van der Waals surface area contributed by atoms with Crippen LogP contribution >= 0.6 is 0 Å². The summed E-state index contributed by atoms with van der Waals surface area (Å²) in [7, 11) is -4.08. The third-order valence-corrected chi connectivity index (χ3v) is 0.928. The average Bonchev–Trinajstić information content (AvgIpc) is 1.78. The Balaban J connectivity index is 3.91. The Labute approximate surface area is 58.2 Å². The molecule has 0 bridgehead atoms. The monoisotopic (exact) mass is 165 g/mol. The van der Waals surface area contributed by atoms with E-state index in [0.717, 1.165) is 6.20 Å². The minimum absolute atomic E-state index is 0.0180. The van der Waals surface area contributed by atoms with Crippen molar-refractivity contribution < 1.29 is 13.0 Å². The van der Waals surface area contributed by atoms with Crippen molar-refractivity contribution in [2.75, 3.05) is 6.67 Å². The highest BCUT2D eigenvalue weighted by molar-refractivity contribution is 7.88. The Morgan fingerprint density at radius 3 is 2.60 bits per heavy atom. The van der Waals surface area contributed by atoms with Crippen LogP contribution < -0.4 is 5.73 Å². The summed E-state index contributed by atoms with van der Waals surface area (Å²) in [5.41, 5.74) is 4.87. The fourth-order valence-electron chi connectivity index (χ4n) is 0.198.